The molecule has 0 N–H and O–H groups in total. The van der Waals surface area contributed by atoms with Crippen molar-refractivity contribution in [3.8, 4) is 11.5 Å². The van der Waals surface area contributed by atoms with Gasteiger partial charge in [0.15, 0.2) is 0 Å². The van der Waals surface area contributed by atoms with Gasteiger partial charge in [0.2, 0.25) is 0 Å². The van der Waals surface area contributed by atoms with Crippen molar-refractivity contribution in [2.75, 3.05) is 13.2 Å². The maximum absolute atomic E-state index is 11.4. The summed E-state index contributed by atoms with van der Waals surface area (Å²) < 4.78 is 16.1. The Morgan fingerprint density at radius 2 is 1.15 bits per heavy atom. The zero-order chi connectivity index (χ0) is 19.5. The van der Waals surface area contributed by atoms with E-state index in [1.54, 1.807) is 24.3 Å². The third kappa shape index (κ3) is 6.56. The van der Waals surface area contributed by atoms with E-state index < -0.39 is 11.9 Å². The lowest BCUT2D eigenvalue weighted by atomic mass is 10.1. The van der Waals surface area contributed by atoms with Crippen molar-refractivity contribution in [3.63, 3.8) is 0 Å². The molecule has 0 aliphatic rings. The van der Waals surface area contributed by atoms with Gasteiger partial charge in [0, 0.05) is 12.2 Å². The summed E-state index contributed by atoms with van der Waals surface area (Å²) in [7, 11) is 0. The molecule has 0 bridgehead atoms. The molecule has 0 aliphatic heterocycles. The highest BCUT2D eigenvalue weighted by molar-refractivity contribution is 5.84. The first kappa shape index (κ1) is 20.1. The first-order valence-corrected chi connectivity index (χ1v) is 8.56. The Bertz CT molecular complexity index is 742. The van der Waals surface area contributed by atoms with Crippen LogP contribution < -0.4 is 9.47 Å². The van der Waals surface area contributed by atoms with Gasteiger partial charge in [-0.15, -0.1) is 0 Å². The number of benzene rings is 2. The Balaban J connectivity index is 1.83. The zero-order valence-electron chi connectivity index (χ0n) is 15.1. The number of carbonyl (C=O) groups is 2. The maximum Gasteiger partial charge on any atom is 0.335 e. The number of rotatable bonds is 10. The molecule has 140 valence electrons. The third-order valence-electron chi connectivity index (χ3n) is 3.73. The molecular formula is C22H22O5. The van der Waals surface area contributed by atoms with E-state index in [-0.39, 0.29) is 0 Å². The lowest BCUT2D eigenvalue weighted by Crippen LogP contribution is -2.09. The molecule has 0 spiro atoms. The summed E-state index contributed by atoms with van der Waals surface area (Å²) >= 11 is 0. The molecule has 5 nitrogen and oxygen atoms in total. The molecule has 0 unspecified atom stereocenters. The van der Waals surface area contributed by atoms with Gasteiger partial charge in [0.1, 0.15) is 11.5 Å². The van der Waals surface area contributed by atoms with E-state index in [0.717, 1.165) is 23.3 Å². The van der Waals surface area contributed by atoms with E-state index in [4.69, 9.17) is 14.2 Å². The van der Waals surface area contributed by atoms with Crippen molar-refractivity contribution in [2.45, 2.75) is 12.8 Å². The molecule has 0 atom stereocenters. The normalized spacial score (nSPS) is 10.1. The number of para-hydroxylation sites is 2. The highest BCUT2D eigenvalue weighted by Crippen LogP contribution is 2.20. The quantitative estimate of drug-likeness (QED) is 0.278. The molecular weight excluding hydrogens is 344 g/mol. The average Bonchev–Trinajstić information content (AvgIpc) is 2.69. The van der Waals surface area contributed by atoms with E-state index >= 15 is 0 Å². The van der Waals surface area contributed by atoms with Crippen molar-refractivity contribution in [1.29, 1.82) is 0 Å². The van der Waals surface area contributed by atoms with Gasteiger partial charge in [-0.2, -0.15) is 0 Å². The Labute approximate surface area is 158 Å². The molecule has 0 aromatic heterocycles. The fourth-order valence-corrected chi connectivity index (χ4v) is 2.39. The number of carbonyl (C=O) groups excluding carboxylic acids is 2. The second-order valence-electron chi connectivity index (χ2n) is 5.58. The molecule has 5 heteroatoms. The second-order valence-corrected chi connectivity index (χ2v) is 5.58. The van der Waals surface area contributed by atoms with Gasteiger partial charge >= 0.3 is 11.9 Å². The molecule has 0 aliphatic carbocycles. The zero-order valence-corrected chi connectivity index (χ0v) is 15.1. The molecule has 0 saturated carbocycles. The maximum atomic E-state index is 11.4. The molecule has 2 aromatic carbocycles. The van der Waals surface area contributed by atoms with Crippen molar-refractivity contribution in [3.05, 3.63) is 85.0 Å². The largest absolute Gasteiger partial charge is 0.423 e. The van der Waals surface area contributed by atoms with Crippen molar-refractivity contribution in [2.24, 2.45) is 0 Å². The van der Waals surface area contributed by atoms with Crippen LogP contribution in [0.1, 0.15) is 11.1 Å². The van der Waals surface area contributed by atoms with E-state index in [1.165, 1.54) is 0 Å². The van der Waals surface area contributed by atoms with E-state index in [0.29, 0.717) is 37.6 Å². The van der Waals surface area contributed by atoms with Crippen LogP contribution in [0, 0.1) is 0 Å². The van der Waals surface area contributed by atoms with Gasteiger partial charge in [0.25, 0.3) is 0 Å². The summed E-state index contributed by atoms with van der Waals surface area (Å²) in [5, 5.41) is 0. The molecule has 0 radical (unpaired) electrons. The van der Waals surface area contributed by atoms with Crippen LogP contribution >= 0.6 is 0 Å². The standard InChI is InChI=1S/C22H22O5/c1-3-21(23)26-19-11-7-5-9-17(19)13-15-25-16-14-18-10-6-8-12-20(18)27-22(24)4-2/h3-12H,1-2,13-16H2. The number of ether oxygens (including phenoxy) is 3. The number of esters is 2. The van der Waals surface area contributed by atoms with Gasteiger partial charge in [-0.3, -0.25) is 0 Å². The summed E-state index contributed by atoms with van der Waals surface area (Å²) in [5.74, 6) is 0.0310. The summed E-state index contributed by atoms with van der Waals surface area (Å²) in [6.07, 6.45) is 3.47. The van der Waals surface area contributed by atoms with Crippen LogP contribution in [0.2, 0.25) is 0 Å². The molecule has 0 saturated heterocycles. The molecule has 0 fully saturated rings. The van der Waals surface area contributed by atoms with Gasteiger partial charge < -0.3 is 14.2 Å². The van der Waals surface area contributed by atoms with Gasteiger partial charge in [-0.05, 0) is 36.1 Å². The van der Waals surface area contributed by atoms with E-state index in [2.05, 4.69) is 13.2 Å². The molecule has 0 heterocycles. The van der Waals surface area contributed by atoms with Crippen LogP contribution in [0.25, 0.3) is 0 Å². The van der Waals surface area contributed by atoms with Crippen LogP contribution in [-0.4, -0.2) is 25.2 Å². The minimum atomic E-state index is -0.492. The fourth-order valence-electron chi connectivity index (χ4n) is 2.39. The molecule has 0 amide bonds. The predicted octanol–water partition coefficient (Wildman–Crippen LogP) is 3.67. The first-order valence-electron chi connectivity index (χ1n) is 8.56. The van der Waals surface area contributed by atoms with Gasteiger partial charge in [0.05, 0.1) is 13.2 Å². The summed E-state index contributed by atoms with van der Waals surface area (Å²) in [6.45, 7) is 7.73. The number of hydrogen-bond acceptors (Lipinski definition) is 5. The van der Waals surface area contributed by atoms with Crippen LogP contribution in [0.5, 0.6) is 11.5 Å². The number of hydrogen-bond donors (Lipinski definition) is 0. The van der Waals surface area contributed by atoms with Crippen LogP contribution in [0.3, 0.4) is 0 Å². The minimum absolute atomic E-state index is 0.470. The average molecular weight is 366 g/mol. The van der Waals surface area contributed by atoms with E-state index in [1.807, 2.05) is 24.3 Å². The smallest absolute Gasteiger partial charge is 0.335 e. The summed E-state index contributed by atoms with van der Waals surface area (Å²) in [5.41, 5.74) is 1.76. The lowest BCUT2D eigenvalue weighted by Gasteiger charge is -2.11. The van der Waals surface area contributed by atoms with Crippen LogP contribution in [0.15, 0.2) is 73.8 Å². The summed E-state index contributed by atoms with van der Waals surface area (Å²) in [6, 6.07) is 14.6. The Morgan fingerprint density at radius 1 is 0.741 bits per heavy atom. The highest BCUT2D eigenvalue weighted by atomic mass is 16.5. The third-order valence-corrected chi connectivity index (χ3v) is 3.73. The molecule has 2 rings (SSSR count). The van der Waals surface area contributed by atoms with Crippen molar-refractivity contribution >= 4 is 11.9 Å². The fraction of sp³-hybridized carbons (Fsp3) is 0.182. The van der Waals surface area contributed by atoms with Crippen LogP contribution in [-0.2, 0) is 27.2 Å². The Hall–Kier alpha value is -3.18. The second kappa shape index (κ2) is 10.7. The van der Waals surface area contributed by atoms with Crippen molar-refractivity contribution in [1.82, 2.24) is 0 Å². The Morgan fingerprint density at radius 3 is 1.56 bits per heavy atom. The van der Waals surface area contributed by atoms with Gasteiger partial charge in [-0.25, -0.2) is 9.59 Å². The molecule has 27 heavy (non-hydrogen) atoms. The molecule has 2 aromatic rings. The minimum Gasteiger partial charge on any atom is -0.423 e. The Kier molecular flexibility index (Phi) is 8.00. The monoisotopic (exact) mass is 366 g/mol. The van der Waals surface area contributed by atoms with Crippen molar-refractivity contribution < 1.29 is 23.8 Å². The van der Waals surface area contributed by atoms with Gasteiger partial charge in [-0.1, -0.05) is 49.6 Å². The topological polar surface area (TPSA) is 61.8 Å². The van der Waals surface area contributed by atoms with Crippen LogP contribution in [0.4, 0.5) is 0 Å². The SMILES string of the molecule is C=CC(=O)Oc1ccccc1CCOCCc1ccccc1OC(=O)C=C. The lowest BCUT2D eigenvalue weighted by molar-refractivity contribution is -0.129. The van der Waals surface area contributed by atoms with E-state index in [9.17, 15) is 9.59 Å². The highest BCUT2D eigenvalue weighted by Gasteiger charge is 2.08. The first-order chi connectivity index (χ1) is 13.1. The summed E-state index contributed by atoms with van der Waals surface area (Å²) in [4.78, 5) is 22.8. The predicted molar refractivity (Wildman–Crippen MR) is 103 cm³/mol.